The van der Waals surface area contributed by atoms with Crippen molar-refractivity contribution < 1.29 is 14.4 Å². The molecule has 40 heavy (non-hydrogen) atoms. The standard InChI is InChI=1S/C31H27BrN4O3S/c1-2-28(31(39)35-26-16-7-6-15-25(26)32)40-24-14-8-13-23(19-24)34-30(38)27(18-21-10-9-17-33-20-21)36-29(37)22-11-4-3-5-12-22/h3-20,28H,2H2,1H3,(H,34,38)(H,35,39)(H,36,37)/b27-18-. The van der Waals surface area contributed by atoms with E-state index in [1.807, 2.05) is 49.4 Å². The van der Waals surface area contributed by atoms with Crippen molar-refractivity contribution in [1.82, 2.24) is 10.3 Å². The highest BCUT2D eigenvalue weighted by atomic mass is 79.9. The number of pyridine rings is 1. The smallest absolute Gasteiger partial charge is 0.272 e. The zero-order valence-electron chi connectivity index (χ0n) is 21.6. The molecule has 202 valence electrons. The van der Waals surface area contributed by atoms with Gasteiger partial charge in [0.05, 0.1) is 10.9 Å². The molecule has 0 aliphatic rings. The summed E-state index contributed by atoms with van der Waals surface area (Å²) in [6.07, 6.45) is 5.41. The summed E-state index contributed by atoms with van der Waals surface area (Å²) in [5.41, 5.74) is 2.39. The monoisotopic (exact) mass is 614 g/mol. The van der Waals surface area contributed by atoms with Crippen LogP contribution < -0.4 is 16.0 Å². The molecule has 0 aliphatic heterocycles. The number of hydrogen-bond acceptors (Lipinski definition) is 5. The predicted octanol–water partition coefficient (Wildman–Crippen LogP) is 6.76. The van der Waals surface area contributed by atoms with Crippen molar-refractivity contribution in [3.05, 3.63) is 125 Å². The lowest BCUT2D eigenvalue weighted by atomic mass is 10.2. The first-order valence-corrected chi connectivity index (χ1v) is 14.2. The second kappa shape index (κ2) is 14.3. The quantitative estimate of drug-likeness (QED) is 0.135. The fraction of sp³-hybridized carbons (Fsp3) is 0.0968. The Hall–Kier alpha value is -4.21. The number of nitrogens with one attached hydrogen (secondary N) is 3. The Morgan fingerprint density at radius 2 is 1.70 bits per heavy atom. The molecule has 0 spiro atoms. The SMILES string of the molecule is CCC(Sc1cccc(NC(=O)/C(=C/c2cccnc2)NC(=O)c2ccccc2)c1)C(=O)Nc1ccccc1Br. The minimum atomic E-state index is -0.492. The van der Waals surface area contributed by atoms with Gasteiger partial charge < -0.3 is 16.0 Å². The van der Waals surface area contributed by atoms with Gasteiger partial charge in [-0.05, 0) is 82.5 Å². The molecule has 7 nitrogen and oxygen atoms in total. The average molecular weight is 616 g/mol. The largest absolute Gasteiger partial charge is 0.324 e. The zero-order valence-corrected chi connectivity index (χ0v) is 24.0. The van der Waals surface area contributed by atoms with Crippen molar-refractivity contribution in [2.45, 2.75) is 23.5 Å². The van der Waals surface area contributed by atoms with Crippen molar-refractivity contribution in [2.24, 2.45) is 0 Å². The molecule has 0 bridgehead atoms. The summed E-state index contributed by atoms with van der Waals surface area (Å²) in [4.78, 5) is 44.0. The number of rotatable bonds is 10. The lowest BCUT2D eigenvalue weighted by Crippen LogP contribution is -2.30. The maximum absolute atomic E-state index is 13.3. The summed E-state index contributed by atoms with van der Waals surface area (Å²) in [6, 6.07) is 26.9. The Morgan fingerprint density at radius 3 is 2.42 bits per heavy atom. The van der Waals surface area contributed by atoms with Gasteiger partial charge in [0.2, 0.25) is 5.91 Å². The molecule has 3 N–H and O–H groups in total. The van der Waals surface area contributed by atoms with E-state index in [4.69, 9.17) is 0 Å². The minimum absolute atomic E-state index is 0.0687. The molecule has 4 rings (SSSR count). The molecule has 0 saturated heterocycles. The summed E-state index contributed by atoms with van der Waals surface area (Å²) in [5, 5.41) is 8.21. The molecular formula is C31H27BrN4O3S. The van der Waals surface area contributed by atoms with E-state index in [0.29, 0.717) is 28.9 Å². The number of carbonyl (C=O) groups is 3. The van der Waals surface area contributed by atoms with E-state index in [-0.39, 0.29) is 16.9 Å². The number of amides is 3. The Balaban J connectivity index is 1.49. The molecule has 3 aromatic carbocycles. The van der Waals surface area contributed by atoms with Crippen LogP contribution in [0.1, 0.15) is 29.3 Å². The summed E-state index contributed by atoms with van der Waals surface area (Å²) in [6.45, 7) is 1.95. The first kappa shape index (κ1) is 28.8. The summed E-state index contributed by atoms with van der Waals surface area (Å²) >= 11 is 4.87. The molecule has 0 saturated carbocycles. The van der Waals surface area contributed by atoms with Gasteiger partial charge in [-0.25, -0.2) is 0 Å². The lowest BCUT2D eigenvalue weighted by Gasteiger charge is -2.16. The van der Waals surface area contributed by atoms with Gasteiger partial charge in [0, 0.05) is 33.0 Å². The average Bonchev–Trinajstić information content (AvgIpc) is 2.98. The number of carbonyl (C=O) groups excluding carboxylic acids is 3. The van der Waals surface area contributed by atoms with Crippen molar-refractivity contribution in [3.63, 3.8) is 0 Å². The highest BCUT2D eigenvalue weighted by Gasteiger charge is 2.20. The van der Waals surface area contributed by atoms with E-state index in [9.17, 15) is 14.4 Å². The van der Waals surface area contributed by atoms with E-state index in [1.54, 1.807) is 67.0 Å². The van der Waals surface area contributed by atoms with Crippen molar-refractivity contribution >= 4 is 62.9 Å². The normalized spacial score (nSPS) is 11.8. The first-order valence-electron chi connectivity index (χ1n) is 12.5. The van der Waals surface area contributed by atoms with Gasteiger partial charge in [0.25, 0.3) is 11.8 Å². The second-order valence-corrected chi connectivity index (χ2v) is 10.8. The van der Waals surface area contributed by atoms with Gasteiger partial charge in [0.1, 0.15) is 5.70 Å². The first-order chi connectivity index (χ1) is 19.4. The third-order valence-electron chi connectivity index (χ3n) is 5.69. The third kappa shape index (κ3) is 8.14. The van der Waals surface area contributed by atoms with Gasteiger partial charge in [0.15, 0.2) is 0 Å². The zero-order chi connectivity index (χ0) is 28.3. The van der Waals surface area contributed by atoms with E-state index in [1.165, 1.54) is 11.8 Å². The number of para-hydroxylation sites is 1. The van der Waals surface area contributed by atoms with Gasteiger partial charge in [-0.2, -0.15) is 0 Å². The van der Waals surface area contributed by atoms with Gasteiger partial charge in [-0.15, -0.1) is 11.8 Å². The molecule has 1 heterocycles. The Morgan fingerprint density at radius 1 is 0.925 bits per heavy atom. The molecule has 9 heteroatoms. The van der Waals surface area contributed by atoms with Crippen LogP contribution in [0.15, 0.2) is 118 Å². The van der Waals surface area contributed by atoms with Crippen LogP contribution in [0.4, 0.5) is 11.4 Å². The number of benzene rings is 3. The molecule has 1 aromatic heterocycles. The lowest BCUT2D eigenvalue weighted by molar-refractivity contribution is -0.116. The fourth-order valence-corrected chi connectivity index (χ4v) is 5.08. The highest BCUT2D eigenvalue weighted by Crippen LogP contribution is 2.30. The van der Waals surface area contributed by atoms with Crippen LogP contribution in [0.2, 0.25) is 0 Å². The maximum atomic E-state index is 13.3. The molecule has 4 aromatic rings. The van der Waals surface area contributed by atoms with Crippen LogP contribution >= 0.6 is 27.7 Å². The van der Waals surface area contributed by atoms with Crippen LogP contribution in [0, 0.1) is 0 Å². The maximum Gasteiger partial charge on any atom is 0.272 e. The van der Waals surface area contributed by atoms with E-state index < -0.39 is 11.8 Å². The van der Waals surface area contributed by atoms with Gasteiger partial charge in [-0.1, -0.05) is 49.4 Å². The summed E-state index contributed by atoms with van der Waals surface area (Å²) in [5.74, 6) is -1.01. The molecule has 0 aliphatic carbocycles. The topological polar surface area (TPSA) is 100 Å². The number of thioether (sulfide) groups is 1. The van der Waals surface area contributed by atoms with E-state index >= 15 is 0 Å². The van der Waals surface area contributed by atoms with Gasteiger partial charge >= 0.3 is 0 Å². The summed E-state index contributed by atoms with van der Waals surface area (Å²) < 4.78 is 0.808. The van der Waals surface area contributed by atoms with Crippen molar-refractivity contribution in [2.75, 3.05) is 10.6 Å². The van der Waals surface area contributed by atoms with Crippen LogP contribution in [0.3, 0.4) is 0 Å². The molecular weight excluding hydrogens is 588 g/mol. The Bertz CT molecular complexity index is 1510. The Kier molecular flexibility index (Phi) is 10.3. The minimum Gasteiger partial charge on any atom is -0.324 e. The molecule has 1 unspecified atom stereocenters. The van der Waals surface area contributed by atoms with E-state index in [0.717, 1.165) is 9.37 Å². The fourth-order valence-electron chi connectivity index (χ4n) is 3.68. The number of aromatic nitrogens is 1. The number of anilines is 2. The molecule has 0 fully saturated rings. The molecule has 3 amide bonds. The number of nitrogens with zero attached hydrogens (tertiary/aromatic N) is 1. The molecule has 1 atom stereocenters. The predicted molar refractivity (Wildman–Crippen MR) is 164 cm³/mol. The third-order valence-corrected chi connectivity index (χ3v) is 7.74. The van der Waals surface area contributed by atoms with Gasteiger partial charge in [-0.3, -0.25) is 19.4 Å². The highest BCUT2D eigenvalue weighted by molar-refractivity contribution is 9.10. The van der Waals surface area contributed by atoms with Crippen LogP contribution in [0.5, 0.6) is 0 Å². The number of hydrogen-bond donors (Lipinski definition) is 3. The van der Waals surface area contributed by atoms with Crippen molar-refractivity contribution in [1.29, 1.82) is 0 Å². The van der Waals surface area contributed by atoms with Crippen molar-refractivity contribution in [3.8, 4) is 0 Å². The summed E-state index contributed by atoms with van der Waals surface area (Å²) in [7, 11) is 0. The second-order valence-electron chi connectivity index (χ2n) is 8.63. The van der Waals surface area contributed by atoms with Crippen LogP contribution in [-0.2, 0) is 9.59 Å². The van der Waals surface area contributed by atoms with Crippen LogP contribution in [-0.4, -0.2) is 28.0 Å². The van der Waals surface area contributed by atoms with Crippen LogP contribution in [0.25, 0.3) is 6.08 Å². The number of halogens is 1. The molecule has 0 radical (unpaired) electrons. The van der Waals surface area contributed by atoms with E-state index in [2.05, 4.69) is 36.9 Å². The Labute approximate surface area is 245 Å².